The van der Waals surface area contributed by atoms with Gasteiger partial charge in [0, 0.05) is 19.3 Å². The van der Waals surface area contributed by atoms with Gasteiger partial charge in [-0.1, -0.05) is 69.1 Å². The van der Waals surface area contributed by atoms with E-state index in [2.05, 4.69) is 19.1 Å². The molecule has 0 aromatic carbocycles. The van der Waals surface area contributed by atoms with Gasteiger partial charge in [-0.05, 0) is 50.9 Å². The third kappa shape index (κ3) is 13.2. The van der Waals surface area contributed by atoms with E-state index < -0.39 is 12.1 Å². The zero-order chi connectivity index (χ0) is 22.9. The maximum Gasteiger partial charge on any atom is 0.303 e. The molecule has 1 fully saturated rings. The zero-order valence-corrected chi connectivity index (χ0v) is 19.4. The summed E-state index contributed by atoms with van der Waals surface area (Å²) in [6.07, 6.45) is 22.1. The molecule has 1 aliphatic carbocycles. The number of aliphatic hydroxyl groups excluding tert-OH is 1. The van der Waals surface area contributed by atoms with Crippen LogP contribution >= 0.6 is 0 Å². The molecule has 176 valence electrons. The van der Waals surface area contributed by atoms with E-state index >= 15 is 0 Å². The Balaban J connectivity index is 2.57. The third-order valence-corrected chi connectivity index (χ3v) is 5.87. The van der Waals surface area contributed by atoms with E-state index in [0.717, 1.165) is 32.1 Å². The first-order valence-electron chi connectivity index (χ1n) is 12.0. The average Bonchev–Trinajstić information content (AvgIpc) is 2.73. The molecule has 0 radical (unpaired) electrons. The number of carbonyl (C=O) groups excluding carboxylic acids is 1. The fraction of sp³-hybridized carbons (Fsp3) is 0.692. The summed E-state index contributed by atoms with van der Waals surface area (Å²) in [5.41, 5.74) is 0. The first-order chi connectivity index (χ1) is 14.9. The van der Waals surface area contributed by atoms with Gasteiger partial charge in [0.25, 0.3) is 0 Å². The van der Waals surface area contributed by atoms with Crippen LogP contribution in [0.2, 0.25) is 0 Å². The van der Waals surface area contributed by atoms with Gasteiger partial charge >= 0.3 is 11.9 Å². The predicted molar refractivity (Wildman–Crippen MR) is 125 cm³/mol. The third-order valence-electron chi connectivity index (χ3n) is 5.87. The minimum absolute atomic E-state index is 0.0959. The summed E-state index contributed by atoms with van der Waals surface area (Å²) >= 11 is 0. The summed E-state index contributed by atoms with van der Waals surface area (Å²) in [5.74, 6) is -0.615. The molecule has 5 heteroatoms. The molecule has 4 unspecified atom stereocenters. The van der Waals surface area contributed by atoms with Crippen LogP contribution in [0.15, 0.2) is 36.5 Å². The van der Waals surface area contributed by atoms with Crippen molar-refractivity contribution in [1.29, 1.82) is 0 Å². The second-order valence-electron chi connectivity index (χ2n) is 8.59. The number of aliphatic carboxylic acids is 1. The number of unbranched alkanes of at least 4 members (excludes halogenated alkanes) is 3. The molecule has 31 heavy (non-hydrogen) atoms. The molecule has 1 rings (SSSR count). The van der Waals surface area contributed by atoms with Gasteiger partial charge in [-0.3, -0.25) is 9.59 Å². The van der Waals surface area contributed by atoms with E-state index in [4.69, 9.17) is 9.84 Å². The molecule has 0 spiro atoms. The Morgan fingerprint density at radius 1 is 1.10 bits per heavy atom. The normalized spacial score (nSPS) is 21.6. The molecular weight excluding hydrogens is 392 g/mol. The average molecular weight is 435 g/mol. The van der Waals surface area contributed by atoms with Crippen molar-refractivity contribution in [3.8, 4) is 0 Å². The summed E-state index contributed by atoms with van der Waals surface area (Å²) in [6, 6.07) is 0. The first-order valence-corrected chi connectivity index (χ1v) is 12.0. The quantitative estimate of drug-likeness (QED) is 0.143. The van der Waals surface area contributed by atoms with E-state index in [1.165, 1.54) is 26.2 Å². The number of allylic oxidation sites excluding steroid dienone is 4. The lowest BCUT2D eigenvalue weighted by Gasteiger charge is -2.35. The molecule has 1 saturated carbocycles. The summed E-state index contributed by atoms with van der Waals surface area (Å²) < 4.78 is 5.59. The zero-order valence-electron chi connectivity index (χ0n) is 19.4. The van der Waals surface area contributed by atoms with E-state index in [1.54, 1.807) is 6.08 Å². The van der Waals surface area contributed by atoms with Gasteiger partial charge in [-0.2, -0.15) is 0 Å². The predicted octanol–water partition coefficient (Wildman–Crippen LogP) is 5.98. The summed E-state index contributed by atoms with van der Waals surface area (Å²) in [6.45, 7) is 3.61. The van der Waals surface area contributed by atoms with E-state index in [0.29, 0.717) is 25.2 Å². The molecule has 1 aliphatic rings. The van der Waals surface area contributed by atoms with Crippen LogP contribution in [-0.4, -0.2) is 34.4 Å². The number of hydrogen-bond acceptors (Lipinski definition) is 4. The highest BCUT2D eigenvalue weighted by Gasteiger charge is 2.32. The van der Waals surface area contributed by atoms with Gasteiger partial charge in [0.05, 0.1) is 6.10 Å². The Bertz CT molecular complexity index is 593. The largest absolute Gasteiger partial charge is 0.481 e. The lowest BCUT2D eigenvalue weighted by Crippen LogP contribution is -2.33. The van der Waals surface area contributed by atoms with Crippen molar-refractivity contribution in [2.45, 2.75) is 103 Å². The highest BCUT2D eigenvalue weighted by molar-refractivity contribution is 5.67. The Hall–Kier alpha value is -1.88. The topological polar surface area (TPSA) is 83.8 Å². The molecule has 0 bridgehead atoms. The second kappa shape index (κ2) is 16.8. The maximum atomic E-state index is 11.6. The van der Waals surface area contributed by atoms with Crippen molar-refractivity contribution >= 4 is 11.9 Å². The number of carboxylic acids is 1. The van der Waals surface area contributed by atoms with Crippen LogP contribution in [0.4, 0.5) is 0 Å². The van der Waals surface area contributed by atoms with Crippen LogP contribution in [0.25, 0.3) is 0 Å². The second-order valence-corrected chi connectivity index (χ2v) is 8.59. The fourth-order valence-corrected chi connectivity index (χ4v) is 4.26. The van der Waals surface area contributed by atoms with Crippen LogP contribution in [0.3, 0.4) is 0 Å². The molecule has 0 aromatic rings. The molecule has 0 heterocycles. The summed E-state index contributed by atoms with van der Waals surface area (Å²) in [4.78, 5) is 22.4. The van der Waals surface area contributed by atoms with Crippen molar-refractivity contribution in [2.24, 2.45) is 11.8 Å². The molecule has 0 aromatic heterocycles. The van der Waals surface area contributed by atoms with Gasteiger partial charge in [0.15, 0.2) is 0 Å². The van der Waals surface area contributed by atoms with Gasteiger partial charge in [-0.25, -0.2) is 0 Å². The van der Waals surface area contributed by atoms with Crippen LogP contribution < -0.4 is 0 Å². The van der Waals surface area contributed by atoms with Crippen molar-refractivity contribution in [3.63, 3.8) is 0 Å². The number of ether oxygens (including phenoxy) is 1. The summed E-state index contributed by atoms with van der Waals surface area (Å²) in [7, 11) is 0. The number of esters is 1. The van der Waals surface area contributed by atoms with Gasteiger partial charge in [0.1, 0.15) is 6.10 Å². The molecular formula is C26H42O5. The van der Waals surface area contributed by atoms with Crippen LogP contribution in [-0.2, 0) is 14.3 Å². The van der Waals surface area contributed by atoms with Crippen molar-refractivity contribution in [1.82, 2.24) is 0 Å². The lowest BCUT2D eigenvalue weighted by atomic mass is 9.75. The number of hydrogen-bond donors (Lipinski definition) is 2. The molecule has 5 nitrogen and oxygen atoms in total. The smallest absolute Gasteiger partial charge is 0.303 e. The Labute approximate surface area is 188 Å². The first kappa shape index (κ1) is 27.2. The fourth-order valence-electron chi connectivity index (χ4n) is 4.26. The highest BCUT2D eigenvalue weighted by Crippen LogP contribution is 2.36. The Kier molecular flexibility index (Phi) is 14.7. The van der Waals surface area contributed by atoms with E-state index in [9.17, 15) is 14.7 Å². The summed E-state index contributed by atoms with van der Waals surface area (Å²) in [5, 5.41) is 19.0. The molecule has 0 aliphatic heterocycles. The number of rotatable bonds is 15. The van der Waals surface area contributed by atoms with Crippen LogP contribution in [0, 0.1) is 11.8 Å². The number of carboxylic acid groups (broad SMARTS) is 1. The van der Waals surface area contributed by atoms with Gasteiger partial charge < -0.3 is 14.9 Å². The molecule has 2 N–H and O–H groups in total. The van der Waals surface area contributed by atoms with Crippen LogP contribution in [0.5, 0.6) is 0 Å². The van der Waals surface area contributed by atoms with E-state index in [1.807, 2.05) is 18.2 Å². The maximum absolute atomic E-state index is 11.6. The number of carbonyl (C=O) groups is 2. The van der Waals surface area contributed by atoms with Crippen molar-refractivity contribution in [2.75, 3.05) is 0 Å². The molecule has 0 amide bonds. The SMILES string of the molecule is CCCCCC=CCC(O)C=CC=CC1CCCCC1C(CCCC(=O)O)OC(C)=O. The number of aliphatic hydroxyl groups is 1. The lowest BCUT2D eigenvalue weighted by molar-refractivity contribution is -0.151. The molecule has 0 saturated heterocycles. The van der Waals surface area contributed by atoms with Crippen LogP contribution in [0.1, 0.15) is 90.9 Å². The Morgan fingerprint density at radius 2 is 1.87 bits per heavy atom. The molecule has 4 atom stereocenters. The van der Waals surface area contributed by atoms with Gasteiger partial charge in [-0.15, -0.1) is 0 Å². The van der Waals surface area contributed by atoms with Crippen molar-refractivity contribution < 1.29 is 24.5 Å². The Morgan fingerprint density at radius 3 is 2.58 bits per heavy atom. The van der Waals surface area contributed by atoms with Crippen molar-refractivity contribution in [3.05, 3.63) is 36.5 Å². The minimum atomic E-state index is -0.818. The highest BCUT2D eigenvalue weighted by atomic mass is 16.5. The van der Waals surface area contributed by atoms with E-state index in [-0.39, 0.29) is 24.4 Å². The minimum Gasteiger partial charge on any atom is -0.481 e. The monoisotopic (exact) mass is 434 g/mol. The standard InChI is InChI=1S/C26H42O5/c1-3-4-5-6-7-8-16-23(28)17-11-9-14-22-15-10-12-18-24(22)25(31-21(2)27)19-13-20-26(29)30/h7-9,11,14,17,22-25,28H,3-6,10,12-13,15-16,18-20H2,1-2H3,(H,29,30). The van der Waals surface area contributed by atoms with Gasteiger partial charge in [0.2, 0.25) is 0 Å².